The van der Waals surface area contributed by atoms with E-state index in [9.17, 15) is 4.39 Å². The molecule has 15 heavy (non-hydrogen) atoms. The molecule has 0 spiro atoms. The Kier molecular flexibility index (Phi) is 4.40. The van der Waals surface area contributed by atoms with Crippen molar-refractivity contribution in [3.05, 3.63) is 29.0 Å². The standard InChI is InChI=1S/C12H16ClFO/c1-8(2)4-9(3)15-12-6-10(13)5-11(14)7-12/h5-9H,4H2,1-3H3/t9-/m0/s1. The van der Waals surface area contributed by atoms with Crippen molar-refractivity contribution >= 4 is 11.6 Å². The molecule has 0 aliphatic rings. The van der Waals surface area contributed by atoms with Crippen molar-refractivity contribution < 1.29 is 9.13 Å². The smallest absolute Gasteiger partial charge is 0.128 e. The van der Waals surface area contributed by atoms with E-state index in [0.717, 1.165) is 6.42 Å². The summed E-state index contributed by atoms with van der Waals surface area (Å²) < 4.78 is 18.5. The van der Waals surface area contributed by atoms with Gasteiger partial charge in [0.25, 0.3) is 0 Å². The lowest BCUT2D eigenvalue weighted by molar-refractivity contribution is 0.192. The number of hydrogen-bond donors (Lipinski definition) is 0. The highest BCUT2D eigenvalue weighted by Gasteiger charge is 2.08. The van der Waals surface area contributed by atoms with Crippen molar-refractivity contribution in [2.75, 3.05) is 0 Å². The van der Waals surface area contributed by atoms with Crippen LogP contribution in [-0.2, 0) is 0 Å². The Bertz CT molecular complexity index is 305. The predicted molar refractivity (Wildman–Crippen MR) is 61.0 cm³/mol. The zero-order chi connectivity index (χ0) is 11.4. The number of benzene rings is 1. The minimum Gasteiger partial charge on any atom is -0.491 e. The van der Waals surface area contributed by atoms with Crippen LogP contribution < -0.4 is 4.74 Å². The van der Waals surface area contributed by atoms with Crippen molar-refractivity contribution in [1.82, 2.24) is 0 Å². The lowest BCUT2D eigenvalue weighted by atomic mass is 10.1. The molecule has 0 unspecified atom stereocenters. The highest BCUT2D eigenvalue weighted by molar-refractivity contribution is 6.30. The Morgan fingerprint density at radius 1 is 1.27 bits per heavy atom. The SMILES string of the molecule is CC(C)C[C@H](C)Oc1cc(F)cc(Cl)c1. The van der Waals surface area contributed by atoms with Crippen LogP contribution in [-0.4, -0.2) is 6.10 Å². The summed E-state index contributed by atoms with van der Waals surface area (Å²) in [6.45, 7) is 6.22. The van der Waals surface area contributed by atoms with Crippen molar-refractivity contribution in [3.63, 3.8) is 0 Å². The molecule has 0 amide bonds. The van der Waals surface area contributed by atoms with Crippen LogP contribution in [0, 0.1) is 11.7 Å². The van der Waals surface area contributed by atoms with Gasteiger partial charge in [0, 0.05) is 11.1 Å². The molecule has 1 aromatic rings. The Morgan fingerprint density at radius 3 is 2.47 bits per heavy atom. The van der Waals surface area contributed by atoms with Gasteiger partial charge in [0.1, 0.15) is 11.6 Å². The minimum atomic E-state index is -0.366. The fourth-order valence-electron chi connectivity index (χ4n) is 1.54. The van der Waals surface area contributed by atoms with Gasteiger partial charge in [-0.05, 0) is 31.4 Å². The molecule has 1 nitrogen and oxygen atoms in total. The van der Waals surface area contributed by atoms with E-state index in [-0.39, 0.29) is 11.9 Å². The second-order valence-electron chi connectivity index (χ2n) is 4.16. The zero-order valence-corrected chi connectivity index (χ0v) is 10.0. The summed E-state index contributed by atoms with van der Waals surface area (Å²) >= 11 is 5.72. The van der Waals surface area contributed by atoms with Crippen LogP contribution in [0.5, 0.6) is 5.75 Å². The van der Waals surface area contributed by atoms with Gasteiger partial charge in [0.05, 0.1) is 6.10 Å². The fraction of sp³-hybridized carbons (Fsp3) is 0.500. The maximum absolute atomic E-state index is 13.0. The van der Waals surface area contributed by atoms with E-state index in [0.29, 0.717) is 16.7 Å². The van der Waals surface area contributed by atoms with Crippen LogP contribution in [0.2, 0.25) is 5.02 Å². The molecule has 0 fully saturated rings. The molecule has 0 bridgehead atoms. The summed E-state index contributed by atoms with van der Waals surface area (Å²) in [5, 5.41) is 0.363. The molecule has 1 atom stereocenters. The highest BCUT2D eigenvalue weighted by atomic mass is 35.5. The van der Waals surface area contributed by atoms with Crippen molar-refractivity contribution in [2.45, 2.75) is 33.3 Å². The Morgan fingerprint density at radius 2 is 1.93 bits per heavy atom. The monoisotopic (exact) mass is 230 g/mol. The summed E-state index contributed by atoms with van der Waals surface area (Å²) in [7, 11) is 0. The molecule has 0 aromatic heterocycles. The summed E-state index contributed by atoms with van der Waals surface area (Å²) in [6, 6.07) is 4.24. The summed E-state index contributed by atoms with van der Waals surface area (Å²) in [5.74, 6) is 0.687. The van der Waals surface area contributed by atoms with Gasteiger partial charge in [-0.25, -0.2) is 4.39 Å². The van der Waals surface area contributed by atoms with Crippen molar-refractivity contribution in [2.24, 2.45) is 5.92 Å². The average Bonchev–Trinajstić information content (AvgIpc) is 1.98. The first-order valence-corrected chi connectivity index (χ1v) is 5.48. The van der Waals surface area contributed by atoms with Gasteiger partial charge in [-0.1, -0.05) is 25.4 Å². The van der Waals surface area contributed by atoms with Crippen molar-refractivity contribution in [1.29, 1.82) is 0 Å². The third kappa shape index (κ3) is 4.52. The molecule has 0 aliphatic heterocycles. The first-order valence-electron chi connectivity index (χ1n) is 5.10. The molecule has 0 N–H and O–H groups in total. The van der Waals surface area contributed by atoms with Crippen LogP contribution >= 0.6 is 11.6 Å². The lowest BCUT2D eigenvalue weighted by Crippen LogP contribution is -2.14. The fourth-order valence-corrected chi connectivity index (χ4v) is 1.75. The molecule has 0 saturated heterocycles. The zero-order valence-electron chi connectivity index (χ0n) is 9.26. The quantitative estimate of drug-likeness (QED) is 0.750. The summed E-state index contributed by atoms with van der Waals surface area (Å²) in [6.07, 6.45) is 1.01. The largest absolute Gasteiger partial charge is 0.491 e. The Balaban J connectivity index is 2.63. The molecular weight excluding hydrogens is 215 g/mol. The molecule has 3 heteroatoms. The van der Waals surface area contributed by atoms with E-state index in [1.54, 1.807) is 6.07 Å². The van der Waals surface area contributed by atoms with Gasteiger partial charge in [0.2, 0.25) is 0 Å². The molecule has 0 radical (unpaired) electrons. The molecule has 0 aliphatic carbocycles. The topological polar surface area (TPSA) is 9.23 Å². The van der Waals surface area contributed by atoms with E-state index in [4.69, 9.17) is 16.3 Å². The van der Waals surface area contributed by atoms with Gasteiger partial charge in [-0.3, -0.25) is 0 Å². The van der Waals surface area contributed by atoms with Gasteiger partial charge >= 0.3 is 0 Å². The second-order valence-corrected chi connectivity index (χ2v) is 4.60. The Hall–Kier alpha value is -0.760. The minimum absolute atomic E-state index is 0.0721. The molecule has 0 heterocycles. The molecule has 84 valence electrons. The van der Waals surface area contributed by atoms with E-state index in [1.165, 1.54) is 12.1 Å². The third-order valence-electron chi connectivity index (χ3n) is 1.98. The second kappa shape index (κ2) is 5.36. The maximum Gasteiger partial charge on any atom is 0.128 e. The first-order chi connectivity index (χ1) is 6.97. The molecule has 1 rings (SSSR count). The van der Waals surface area contributed by atoms with Gasteiger partial charge in [-0.15, -0.1) is 0 Å². The third-order valence-corrected chi connectivity index (χ3v) is 2.19. The molecule has 1 aromatic carbocycles. The van der Waals surface area contributed by atoms with E-state index < -0.39 is 0 Å². The number of halogens is 2. The van der Waals surface area contributed by atoms with Crippen LogP contribution in [0.3, 0.4) is 0 Å². The molecule has 0 saturated carbocycles. The average molecular weight is 231 g/mol. The van der Waals surface area contributed by atoms with Gasteiger partial charge in [0.15, 0.2) is 0 Å². The van der Waals surface area contributed by atoms with Crippen LogP contribution in [0.25, 0.3) is 0 Å². The van der Waals surface area contributed by atoms with Gasteiger partial charge < -0.3 is 4.74 Å². The van der Waals surface area contributed by atoms with Gasteiger partial charge in [-0.2, -0.15) is 0 Å². The first kappa shape index (κ1) is 12.3. The normalized spacial score (nSPS) is 12.9. The summed E-state index contributed by atoms with van der Waals surface area (Å²) in [4.78, 5) is 0. The number of hydrogen-bond acceptors (Lipinski definition) is 1. The Labute approximate surface area is 95.2 Å². The summed E-state index contributed by atoms with van der Waals surface area (Å²) in [5.41, 5.74) is 0. The van der Waals surface area contributed by atoms with Crippen LogP contribution in [0.1, 0.15) is 27.2 Å². The number of ether oxygens (including phenoxy) is 1. The maximum atomic E-state index is 13.0. The van der Waals surface area contributed by atoms with E-state index >= 15 is 0 Å². The lowest BCUT2D eigenvalue weighted by Gasteiger charge is -2.16. The van der Waals surface area contributed by atoms with Crippen LogP contribution in [0.4, 0.5) is 4.39 Å². The van der Waals surface area contributed by atoms with E-state index in [1.807, 2.05) is 6.92 Å². The van der Waals surface area contributed by atoms with Crippen molar-refractivity contribution in [3.8, 4) is 5.75 Å². The molecular formula is C12H16ClFO. The number of rotatable bonds is 4. The predicted octanol–water partition coefficient (Wildman–Crippen LogP) is 4.29. The van der Waals surface area contributed by atoms with Crippen LogP contribution in [0.15, 0.2) is 18.2 Å². The van der Waals surface area contributed by atoms with E-state index in [2.05, 4.69) is 13.8 Å². The highest BCUT2D eigenvalue weighted by Crippen LogP contribution is 2.22.